The summed E-state index contributed by atoms with van der Waals surface area (Å²) in [6, 6.07) is 1.34. The molecule has 0 aromatic carbocycles. The van der Waals surface area contributed by atoms with Crippen LogP contribution in [0.3, 0.4) is 0 Å². The highest BCUT2D eigenvalue weighted by atomic mass is 16.2. The Labute approximate surface area is 142 Å². The highest BCUT2D eigenvalue weighted by Crippen LogP contribution is 2.03. The lowest BCUT2D eigenvalue weighted by atomic mass is 10.2. The Morgan fingerprint density at radius 2 is 1.65 bits per heavy atom. The van der Waals surface area contributed by atoms with Gasteiger partial charge in [0.05, 0.1) is 0 Å². The monoisotopic (exact) mass is 327 g/mol. The van der Waals surface area contributed by atoms with Crippen molar-refractivity contribution in [2.24, 2.45) is 4.99 Å². The largest absolute Gasteiger partial charge is 0.355 e. The number of rotatable bonds is 9. The Kier molecular flexibility index (Phi) is 10.6. The van der Waals surface area contributed by atoms with Crippen LogP contribution in [-0.4, -0.2) is 73.5 Å². The van der Waals surface area contributed by atoms with Gasteiger partial charge in [0, 0.05) is 45.3 Å². The van der Waals surface area contributed by atoms with Crippen molar-refractivity contribution >= 4 is 11.9 Å². The molecule has 6 heteroatoms. The summed E-state index contributed by atoms with van der Waals surface area (Å²) in [4.78, 5) is 20.1. The fourth-order valence-corrected chi connectivity index (χ4v) is 2.19. The summed E-state index contributed by atoms with van der Waals surface area (Å²) >= 11 is 0. The van der Waals surface area contributed by atoms with Crippen molar-refractivity contribution in [1.29, 1.82) is 0 Å². The molecule has 0 spiro atoms. The lowest BCUT2D eigenvalue weighted by Gasteiger charge is -2.30. The summed E-state index contributed by atoms with van der Waals surface area (Å²) in [7, 11) is 3.49. The van der Waals surface area contributed by atoms with E-state index >= 15 is 0 Å². The van der Waals surface area contributed by atoms with Crippen LogP contribution < -0.4 is 10.6 Å². The minimum absolute atomic E-state index is 0.00115. The summed E-state index contributed by atoms with van der Waals surface area (Å²) in [5.74, 6) is 0.711. The molecule has 0 aromatic rings. The molecule has 0 saturated carbocycles. The van der Waals surface area contributed by atoms with Crippen molar-refractivity contribution < 1.29 is 4.79 Å². The molecule has 0 aliphatic rings. The van der Waals surface area contributed by atoms with Crippen molar-refractivity contribution in [2.45, 2.75) is 66.1 Å². The molecule has 1 amide bonds. The molecule has 0 bridgehead atoms. The summed E-state index contributed by atoms with van der Waals surface area (Å²) < 4.78 is 0. The predicted octanol–water partition coefficient (Wildman–Crippen LogP) is 1.53. The maximum Gasteiger partial charge on any atom is 0.243 e. The zero-order valence-electron chi connectivity index (χ0n) is 16.3. The molecule has 23 heavy (non-hydrogen) atoms. The van der Waals surface area contributed by atoms with Gasteiger partial charge in [-0.05, 0) is 41.0 Å². The number of aliphatic imine (C=N–C) groups is 1. The maximum absolute atomic E-state index is 11.7. The second-order valence-electron chi connectivity index (χ2n) is 6.76. The number of likely N-dealkylation sites (N-methyl/N-ethyl adjacent to an activating group) is 1. The number of hydrogen-bond donors (Lipinski definition) is 2. The van der Waals surface area contributed by atoms with Crippen LogP contribution in [0.25, 0.3) is 0 Å². The molecular formula is C17H37N5O. The first-order chi connectivity index (χ1) is 10.7. The molecule has 0 heterocycles. The number of hydrogen-bond acceptors (Lipinski definition) is 3. The van der Waals surface area contributed by atoms with Crippen LogP contribution in [0.1, 0.15) is 48.0 Å². The number of carbonyl (C=O) groups excluding carboxylic acids is 1. The normalized spacial score (nSPS) is 13.6. The number of nitrogens with one attached hydrogen (secondary N) is 2. The van der Waals surface area contributed by atoms with E-state index in [0.717, 1.165) is 19.5 Å². The van der Waals surface area contributed by atoms with E-state index in [4.69, 9.17) is 0 Å². The van der Waals surface area contributed by atoms with E-state index in [0.29, 0.717) is 24.1 Å². The van der Waals surface area contributed by atoms with Gasteiger partial charge in [0.2, 0.25) is 5.91 Å². The van der Waals surface area contributed by atoms with Crippen molar-refractivity contribution in [2.75, 3.05) is 33.7 Å². The van der Waals surface area contributed by atoms with Crippen LogP contribution in [-0.2, 0) is 4.79 Å². The summed E-state index contributed by atoms with van der Waals surface area (Å²) in [5.41, 5.74) is 0. The third kappa shape index (κ3) is 9.43. The van der Waals surface area contributed by atoms with Gasteiger partial charge < -0.3 is 15.5 Å². The highest BCUT2D eigenvalue weighted by Gasteiger charge is 2.13. The molecule has 136 valence electrons. The van der Waals surface area contributed by atoms with Crippen molar-refractivity contribution in [3.8, 4) is 0 Å². The zero-order chi connectivity index (χ0) is 18.0. The highest BCUT2D eigenvalue weighted by molar-refractivity contribution is 5.84. The fraction of sp³-hybridized carbons (Fsp3) is 0.882. The minimum atomic E-state index is 0.00115. The van der Waals surface area contributed by atoms with Gasteiger partial charge in [0.15, 0.2) is 5.96 Å². The van der Waals surface area contributed by atoms with Crippen LogP contribution in [0.2, 0.25) is 0 Å². The van der Waals surface area contributed by atoms with Crippen LogP contribution in [0.15, 0.2) is 4.99 Å². The van der Waals surface area contributed by atoms with E-state index < -0.39 is 0 Å². The third-order valence-electron chi connectivity index (χ3n) is 3.86. The van der Waals surface area contributed by atoms with Gasteiger partial charge in [-0.15, -0.1) is 0 Å². The van der Waals surface area contributed by atoms with Gasteiger partial charge in [-0.1, -0.05) is 6.92 Å². The first-order valence-electron chi connectivity index (χ1n) is 8.69. The average molecular weight is 328 g/mol. The molecule has 0 aromatic heterocycles. The van der Waals surface area contributed by atoms with Gasteiger partial charge in [0.25, 0.3) is 0 Å². The minimum Gasteiger partial charge on any atom is -0.355 e. The summed E-state index contributed by atoms with van der Waals surface area (Å²) in [6.07, 6.45) is 1.01. The molecule has 2 N–H and O–H groups in total. The standard InChI is InChI=1S/C17H37N5O/c1-9-15(6)20-17(19-12-16(23)21(7)8)18-10-11-22(13(2)3)14(4)5/h13-15H,9-12H2,1-8H3,(H2,18,19,20). The zero-order valence-corrected chi connectivity index (χ0v) is 16.3. The molecule has 0 radical (unpaired) electrons. The van der Waals surface area contributed by atoms with Crippen molar-refractivity contribution in [3.05, 3.63) is 0 Å². The average Bonchev–Trinajstić information content (AvgIpc) is 2.46. The maximum atomic E-state index is 11.7. The molecule has 0 aliphatic heterocycles. The Bertz CT molecular complexity index is 358. The van der Waals surface area contributed by atoms with Crippen LogP contribution in [0, 0.1) is 0 Å². The van der Waals surface area contributed by atoms with Crippen molar-refractivity contribution in [1.82, 2.24) is 20.4 Å². The smallest absolute Gasteiger partial charge is 0.243 e. The predicted molar refractivity (Wildman–Crippen MR) is 98.9 cm³/mol. The third-order valence-corrected chi connectivity index (χ3v) is 3.86. The van der Waals surface area contributed by atoms with Crippen LogP contribution in [0.5, 0.6) is 0 Å². The number of amides is 1. The molecule has 0 aliphatic carbocycles. The Hall–Kier alpha value is -1.30. The molecule has 1 atom stereocenters. The number of nitrogens with zero attached hydrogens (tertiary/aromatic N) is 3. The molecule has 0 rings (SSSR count). The Balaban J connectivity index is 4.63. The van der Waals surface area contributed by atoms with E-state index in [1.165, 1.54) is 0 Å². The molecule has 0 fully saturated rings. The quantitative estimate of drug-likeness (QED) is 0.498. The van der Waals surface area contributed by atoms with Gasteiger partial charge in [-0.25, -0.2) is 4.99 Å². The van der Waals surface area contributed by atoms with E-state index in [2.05, 4.69) is 62.1 Å². The molecule has 1 unspecified atom stereocenters. The van der Waals surface area contributed by atoms with E-state index in [1.54, 1.807) is 19.0 Å². The SMILES string of the molecule is CCC(C)NC(=NCC(=O)N(C)C)NCCN(C(C)C)C(C)C. The number of guanidine groups is 1. The van der Waals surface area contributed by atoms with Crippen LogP contribution in [0.4, 0.5) is 0 Å². The molecule has 6 nitrogen and oxygen atoms in total. The first-order valence-corrected chi connectivity index (χ1v) is 8.69. The van der Waals surface area contributed by atoms with E-state index in [9.17, 15) is 4.79 Å². The molecular weight excluding hydrogens is 290 g/mol. The van der Waals surface area contributed by atoms with Crippen molar-refractivity contribution in [3.63, 3.8) is 0 Å². The van der Waals surface area contributed by atoms with E-state index in [-0.39, 0.29) is 12.5 Å². The Morgan fingerprint density at radius 1 is 1.09 bits per heavy atom. The van der Waals surface area contributed by atoms with Gasteiger partial charge >= 0.3 is 0 Å². The Morgan fingerprint density at radius 3 is 2.09 bits per heavy atom. The second kappa shape index (κ2) is 11.3. The van der Waals surface area contributed by atoms with Crippen LogP contribution >= 0.6 is 0 Å². The first kappa shape index (κ1) is 21.7. The lowest BCUT2D eigenvalue weighted by Crippen LogP contribution is -2.47. The van der Waals surface area contributed by atoms with Gasteiger partial charge in [-0.3, -0.25) is 9.69 Å². The number of carbonyl (C=O) groups is 1. The van der Waals surface area contributed by atoms with E-state index in [1.807, 2.05) is 0 Å². The second-order valence-corrected chi connectivity index (χ2v) is 6.76. The summed E-state index contributed by atoms with van der Waals surface area (Å²) in [5, 5.41) is 6.69. The molecule has 0 saturated heterocycles. The lowest BCUT2D eigenvalue weighted by molar-refractivity contribution is -0.127. The van der Waals surface area contributed by atoms with Gasteiger partial charge in [-0.2, -0.15) is 0 Å². The van der Waals surface area contributed by atoms with Gasteiger partial charge in [0.1, 0.15) is 6.54 Å². The fourth-order valence-electron chi connectivity index (χ4n) is 2.19. The summed E-state index contributed by atoms with van der Waals surface area (Å²) in [6.45, 7) is 15.0. The topological polar surface area (TPSA) is 60.0 Å².